The van der Waals surface area contributed by atoms with Crippen molar-refractivity contribution in [1.29, 1.82) is 0 Å². The quantitative estimate of drug-likeness (QED) is 0.226. The SMILES string of the molecule is CCCCc1nc2c(CC(C)(C)C)nc3ccccc3c2n1Cc1ccc(CNCCC2CC2)cc1. The second-order valence-electron chi connectivity index (χ2n) is 12.0. The Morgan fingerprint density at radius 3 is 2.44 bits per heavy atom. The highest BCUT2D eigenvalue weighted by Gasteiger charge is 2.22. The highest BCUT2D eigenvalue weighted by Crippen LogP contribution is 2.33. The summed E-state index contributed by atoms with van der Waals surface area (Å²) in [6, 6.07) is 17.8. The fraction of sp³-hybridized carbons (Fsp3) is 0.500. The van der Waals surface area contributed by atoms with Crippen LogP contribution >= 0.6 is 0 Å². The Kier molecular flexibility index (Phi) is 7.43. The minimum atomic E-state index is 0.151. The number of unbranched alkanes of at least 4 members (excludes halogenated alkanes) is 1. The number of pyridine rings is 1. The standard InChI is InChI=1S/C32H42N4/c1-5-6-11-29-35-30-28(20-32(2,3)4)34-27-10-8-7-9-26(27)31(30)36(29)22-25-16-14-24(15-17-25)21-33-19-18-23-12-13-23/h7-10,14-17,23,33H,5-6,11-13,18-22H2,1-4H3. The summed E-state index contributed by atoms with van der Waals surface area (Å²) in [5.41, 5.74) is 7.37. The van der Waals surface area contributed by atoms with E-state index in [9.17, 15) is 0 Å². The number of nitrogens with one attached hydrogen (secondary N) is 1. The molecule has 0 radical (unpaired) electrons. The van der Waals surface area contributed by atoms with Crippen LogP contribution in [0.4, 0.5) is 0 Å². The molecular weight excluding hydrogens is 440 g/mol. The topological polar surface area (TPSA) is 42.7 Å². The Hall–Kier alpha value is -2.72. The zero-order valence-electron chi connectivity index (χ0n) is 22.6. The summed E-state index contributed by atoms with van der Waals surface area (Å²) in [5, 5.41) is 4.82. The number of para-hydroxylation sites is 1. The van der Waals surface area contributed by atoms with Gasteiger partial charge in [-0.1, -0.05) is 89.4 Å². The van der Waals surface area contributed by atoms with Crippen LogP contribution in [-0.4, -0.2) is 21.1 Å². The van der Waals surface area contributed by atoms with Crippen molar-refractivity contribution >= 4 is 21.9 Å². The summed E-state index contributed by atoms with van der Waals surface area (Å²) in [4.78, 5) is 10.4. The van der Waals surface area contributed by atoms with Crippen LogP contribution in [0, 0.1) is 11.3 Å². The molecule has 190 valence electrons. The van der Waals surface area contributed by atoms with Crippen molar-refractivity contribution in [3.05, 3.63) is 71.2 Å². The molecule has 0 amide bonds. The Bertz CT molecular complexity index is 1310. The van der Waals surface area contributed by atoms with Crippen LogP contribution in [0.2, 0.25) is 0 Å². The number of aryl methyl sites for hydroxylation is 1. The van der Waals surface area contributed by atoms with E-state index in [4.69, 9.17) is 9.97 Å². The molecule has 0 spiro atoms. The fourth-order valence-electron chi connectivity index (χ4n) is 5.16. The van der Waals surface area contributed by atoms with Gasteiger partial charge in [0.05, 0.1) is 16.7 Å². The van der Waals surface area contributed by atoms with Crippen molar-refractivity contribution in [3.63, 3.8) is 0 Å². The molecule has 1 saturated carbocycles. The van der Waals surface area contributed by atoms with E-state index in [2.05, 4.69) is 86.1 Å². The zero-order chi connectivity index (χ0) is 25.1. The van der Waals surface area contributed by atoms with Gasteiger partial charge in [-0.25, -0.2) is 4.98 Å². The van der Waals surface area contributed by atoms with E-state index in [0.717, 1.165) is 61.5 Å². The first kappa shape index (κ1) is 25.0. The van der Waals surface area contributed by atoms with Crippen LogP contribution in [0.5, 0.6) is 0 Å². The van der Waals surface area contributed by atoms with Gasteiger partial charge in [-0.2, -0.15) is 0 Å². The largest absolute Gasteiger partial charge is 0.323 e. The number of rotatable bonds is 11. The Balaban J connectivity index is 1.48. The fourth-order valence-corrected chi connectivity index (χ4v) is 5.16. The van der Waals surface area contributed by atoms with Crippen LogP contribution in [0.15, 0.2) is 48.5 Å². The molecule has 0 bridgehead atoms. The maximum absolute atomic E-state index is 5.26. The van der Waals surface area contributed by atoms with Gasteiger partial charge in [0.15, 0.2) is 0 Å². The molecular formula is C32H42N4. The number of imidazole rings is 1. The lowest BCUT2D eigenvalue weighted by Crippen LogP contribution is -2.15. The van der Waals surface area contributed by atoms with Gasteiger partial charge >= 0.3 is 0 Å². The normalized spacial score (nSPS) is 14.2. The van der Waals surface area contributed by atoms with Gasteiger partial charge in [0.1, 0.15) is 11.3 Å². The van der Waals surface area contributed by atoms with Crippen molar-refractivity contribution in [2.75, 3.05) is 6.54 Å². The first-order valence-electron chi connectivity index (χ1n) is 14.0. The van der Waals surface area contributed by atoms with Gasteiger partial charge < -0.3 is 9.88 Å². The zero-order valence-corrected chi connectivity index (χ0v) is 22.6. The van der Waals surface area contributed by atoms with Gasteiger partial charge in [0, 0.05) is 24.9 Å². The lowest BCUT2D eigenvalue weighted by Gasteiger charge is -2.18. The van der Waals surface area contributed by atoms with E-state index in [1.54, 1.807) is 0 Å². The molecule has 36 heavy (non-hydrogen) atoms. The molecule has 4 aromatic rings. The average Bonchev–Trinajstić information content (AvgIpc) is 3.61. The van der Waals surface area contributed by atoms with Crippen LogP contribution in [-0.2, 0) is 25.9 Å². The molecule has 1 aliphatic rings. The number of hydrogen-bond donors (Lipinski definition) is 1. The minimum Gasteiger partial charge on any atom is -0.323 e. The van der Waals surface area contributed by atoms with Crippen molar-refractivity contribution in [3.8, 4) is 0 Å². The van der Waals surface area contributed by atoms with E-state index in [-0.39, 0.29) is 5.41 Å². The summed E-state index contributed by atoms with van der Waals surface area (Å²) in [5.74, 6) is 2.17. The van der Waals surface area contributed by atoms with Crippen LogP contribution in [0.25, 0.3) is 21.9 Å². The lowest BCUT2D eigenvalue weighted by atomic mass is 9.89. The molecule has 2 heterocycles. The third kappa shape index (κ3) is 5.98. The highest BCUT2D eigenvalue weighted by atomic mass is 15.1. The smallest absolute Gasteiger partial charge is 0.111 e. The lowest BCUT2D eigenvalue weighted by molar-refractivity contribution is 0.408. The van der Waals surface area contributed by atoms with Crippen LogP contribution in [0.3, 0.4) is 0 Å². The van der Waals surface area contributed by atoms with Gasteiger partial charge in [-0.15, -0.1) is 0 Å². The minimum absolute atomic E-state index is 0.151. The van der Waals surface area contributed by atoms with Crippen LogP contribution in [0.1, 0.15) is 82.4 Å². The van der Waals surface area contributed by atoms with E-state index >= 15 is 0 Å². The molecule has 1 fully saturated rings. The molecule has 2 aromatic heterocycles. The Labute approximate surface area is 216 Å². The number of nitrogens with zero attached hydrogens (tertiary/aromatic N) is 3. The summed E-state index contributed by atoms with van der Waals surface area (Å²) in [7, 11) is 0. The van der Waals surface area contributed by atoms with Crippen LogP contribution < -0.4 is 5.32 Å². The second-order valence-corrected chi connectivity index (χ2v) is 12.0. The molecule has 5 rings (SSSR count). The molecule has 1 aliphatic carbocycles. The molecule has 2 aromatic carbocycles. The molecule has 1 N–H and O–H groups in total. The molecule has 0 saturated heterocycles. The first-order valence-corrected chi connectivity index (χ1v) is 14.0. The molecule has 0 aliphatic heterocycles. The molecule has 4 nitrogen and oxygen atoms in total. The van der Waals surface area contributed by atoms with E-state index in [0.29, 0.717) is 0 Å². The molecule has 0 unspecified atom stereocenters. The Morgan fingerprint density at radius 2 is 1.72 bits per heavy atom. The highest BCUT2D eigenvalue weighted by molar-refractivity contribution is 6.03. The Morgan fingerprint density at radius 1 is 0.972 bits per heavy atom. The van der Waals surface area contributed by atoms with Crippen molar-refractivity contribution < 1.29 is 0 Å². The van der Waals surface area contributed by atoms with E-state index < -0.39 is 0 Å². The number of benzene rings is 2. The van der Waals surface area contributed by atoms with Crippen molar-refractivity contribution in [2.24, 2.45) is 11.3 Å². The summed E-state index contributed by atoms with van der Waals surface area (Å²) < 4.78 is 2.48. The van der Waals surface area contributed by atoms with Gasteiger partial charge in [-0.05, 0) is 54.3 Å². The third-order valence-corrected chi connectivity index (χ3v) is 7.31. The molecule has 4 heteroatoms. The third-order valence-electron chi connectivity index (χ3n) is 7.31. The van der Waals surface area contributed by atoms with Gasteiger partial charge in [0.2, 0.25) is 0 Å². The van der Waals surface area contributed by atoms with Gasteiger partial charge in [-0.3, -0.25) is 4.98 Å². The maximum Gasteiger partial charge on any atom is 0.111 e. The van der Waals surface area contributed by atoms with E-state index in [1.807, 2.05) is 0 Å². The number of hydrogen-bond acceptors (Lipinski definition) is 3. The number of fused-ring (bicyclic) bond motifs is 3. The van der Waals surface area contributed by atoms with Gasteiger partial charge in [0.25, 0.3) is 0 Å². The number of aromatic nitrogens is 3. The summed E-state index contributed by atoms with van der Waals surface area (Å²) in [6.07, 6.45) is 8.42. The summed E-state index contributed by atoms with van der Waals surface area (Å²) in [6.45, 7) is 12.0. The predicted molar refractivity (Wildman–Crippen MR) is 151 cm³/mol. The molecule has 0 atom stereocenters. The maximum atomic E-state index is 5.26. The average molecular weight is 483 g/mol. The summed E-state index contributed by atoms with van der Waals surface area (Å²) >= 11 is 0. The van der Waals surface area contributed by atoms with Crippen molar-refractivity contribution in [1.82, 2.24) is 19.9 Å². The monoisotopic (exact) mass is 482 g/mol. The second kappa shape index (κ2) is 10.7. The van der Waals surface area contributed by atoms with E-state index in [1.165, 1.54) is 53.5 Å². The van der Waals surface area contributed by atoms with Crippen molar-refractivity contribution in [2.45, 2.75) is 85.7 Å². The first-order chi connectivity index (χ1) is 17.4. The predicted octanol–water partition coefficient (Wildman–Crippen LogP) is 7.45.